The maximum Gasteiger partial charge on any atom is 0.271 e. The standard InChI is InChI=1S/C11H12BrClN2O2/c1-2-3-7-4-8(13)5-9(12)11(7)17-6-10(16)15-14/h2,4-5H,1,3,6,14H2,(H,15,16). The molecule has 92 valence electrons. The van der Waals surface area contributed by atoms with Crippen molar-refractivity contribution in [1.29, 1.82) is 0 Å². The van der Waals surface area contributed by atoms with Crippen LogP contribution in [0, 0.1) is 0 Å². The van der Waals surface area contributed by atoms with Crippen LogP contribution >= 0.6 is 27.5 Å². The number of amides is 1. The number of carbonyl (C=O) groups excluding carboxylic acids is 1. The van der Waals surface area contributed by atoms with Gasteiger partial charge in [0, 0.05) is 10.6 Å². The van der Waals surface area contributed by atoms with Crippen molar-refractivity contribution < 1.29 is 9.53 Å². The van der Waals surface area contributed by atoms with Gasteiger partial charge in [-0.15, -0.1) is 6.58 Å². The Labute approximate surface area is 113 Å². The minimum atomic E-state index is -0.406. The second-order valence-corrected chi connectivity index (χ2v) is 4.52. The van der Waals surface area contributed by atoms with Crippen molar-refractivity contribution in [3.63, 3.8) is 0 Å². The van der Waals surface area contributed by atoms with Gasteiger partial charge in [0.25, 0.3) is 5.91 Å². The van der Waals surface area contributed by atoms with E-state index in [9.17, 15) is 4.79 Å². The average Bonchev–Trinajstić information content (AvgIpc) is 2.27. The molecule has 4 nitrogen and oxygen atoms in total. The highest BCUT2D eigenvalue weighted by atomic mass is 79.9. The number of hydrazine groups is 1. The molecule has 1 amide bonds. The van der Waals surface area contributed by atoms with Crippen molar-refractivity contribution in [3.8, 4) is 5.75 Å². The van der Waals surface area contributed by atoms with Crippen LogP contribution < -0.4 is 16.0 Å². The fourth-order valence-corrected chi connectivity index (χ4v) is 2.25. The molecule has 0 saturated heterocycles. The molecule has 1 aromatic carbocycles. The van der Waals surface area contributed by atoms with Crippen molar-refractivity contribution in [2.75, 3.05) is 6.61 Å². The fraction of sp³-hybridized carbons (Fsp3) is 0.182. The van der Waals surface area contributed by atoms with Crippen LogP contribution in [0.4, 0.5) is 0 Å². The summed E-state index contributed by atoms with van der Waals surface area (Å²) in [5.74, 6) is 5.13. The molecule has 0 aromatic heterocycles. The quantitative estimate of drug-likeness (QED) is 0.378. The molecular formula is C11H12BrClN2O2. The summed E-state index contributed by atoms with van der Waals surface area (Å²) in [6, 6.07) is 3.47. The first-order chi connectivity index (χ1) is 8.08. The number of hydrogen-bond donors (Lipinski definition) is 2. The first kappa shape index (κ1) is 14.0. The number of nitrogens with two attached hydrogens (primary N) is 1. The lowest BCUT2D eigenvalue weighted by molar-refractivity contribution is -0.123. The molecular weight excluding hydrogens is 307 g/mol. The van der Waals surface area contributed by atoms with Gasteiger partial charge in [-0.3, -0.25) is 10.2 Å². The third-order valence-electron chi connectivity index (χ3n) is 1.96. The van der Waals surface area contributed by atoms with E-state index in [1.54, 1.807) is 18.2 Å². The number of hydrogen-bond acceptors (Lipinski definition) is 3. The maximum atomic E-state index is 11.0. The smallest absolute Gasteiger partial charge is 0.271 e. The highest BCUT2D eigenvalue weighted by Crippen LogP contribution is 2.33. The molecule has 1 aromatic rings. The van der Waals surface area contributed by atoms with E-state index in [4.69, 9.17) is 22.2 Å². The molecule has 3 N–H and O–H groups in total. The topological polar surface area (TPSA) is 64.3 Å². The summed E-state index contributed by atoms with van der Waals surface area (Å²) in [4.78, 5) is 11.0. The Morgan fingerprint density at radius 3 is 2.94 bits per heavy atom. The van der Waals surface area contributed by atoms with Crippen molar-refractivity contribution in [1.82, 2.24) is 5.43 Å². The number of halogens is 2. The van der Waals surface area contributed by atoms with E-state index < -0.39 is 5.91 Å². The van der Waals surface area contributed by atoms with E-state index in [1.165, 1.54) is 0 Å². The molecule has 0 spiro atoms. The van der Waals surface area contributed by atoms with Crippen LogP contribution in [0.5, 0.6) is 5.75 Å². The van der Waals surface area contributed by atoms with Gasteiger partial charge in [-0.1, -0.05) is 17.7 Å². The molecule has 1 rings (SSSR count). The predicted octanol–water partition coefficient (Wildman–Crippen LogP) is 2.20. The zero-order valence-corrected chi connectivity index (χ0v) is 11.3. The minimum Gasteiger partial charge on any atom is -0.482 e. The van der Waals surface area contributed by atoms with Gasteiger partial charge in [0.15, 0.2) is 6.61 Å². The number of rotatable bonds is 5. The van der Waals surface area contributed by atoms with Crippen molar-refractivity contribution in [2.45, 2.75) is 6.42 Å². The highest BCUT2D eigenvalue weighted by Gasteiger charge is 2.11. The Hall–Kier alpha value is -1.04. The van der Waals surface area contributed by atoms with Gasteiger partial charge in [0.1, 0.15) is 5.75 Å². The fourth-order valence-electron chi connectivity index (χ4n) is 1.26. The molecule has 17 heavy (non-hydrogen) atoms. The number of carbonyl (C=O) groups is 1. The summed E-state index contributed by atoms with van der Waals surface area (Å²) in [6.45, 7) is 3.50. The van der Waals surface area contributed by atoms with Crippen LogP contribution in [0.25, 0.3) is 0 Å². The van der Waals surface area contributed by atoms with Gasteiger partial charge in [-0.2, -0.15) is 0 Å². The Bertz CT molecular complexity index is 438. The molecule has 0 aliphatic heterocycles. The largest absolute Gasteiger partial charge is 0.482 e. The Morgan fingerprint density at radius 1 is 1.65 bits per heavy atom. The van der Waals surface area contributed by atoms with E-state index >= 15 is 0 Å². The van der Waals surface area contributed by atoms with Crippen LogP contribution in [0.1, 0.15) is 5.56 Å². The molecule has 0 fully saturated rings. The molecule has 0 bridgehead atoms. The van der Waals surface area contributed by atoms with E-state index in [0.717, 1.165) is 5.56 Å². The van der Waals surface area contributed by atoms with Crippen LogP contribution in [0.15, 0.2) is 29.3 Å². The molecule has 6 heteroatoms. The van der Waals surface area contributed by atoms with Gasteiger partial charge in [-0.25, -0.2) is 5.84 Å². The summed E-state index contributed by atoms with van der Waals surface area (Å²) in [6.07, 6.45) is 2.33. The van der Waals surface area contributed by atoms with Crippen molar-refractivity contribution in [2.24, 2.45) is 5.84 Å². The highest BCUT2D eigenvalue weighted by molar-refractivity contribution is 9.10. The summed E-state index contributed by atoms with van der Waals surface area (Å²) in [7, 11) is 0. The first-order valence-electron chi connectivity index (χ1n) is 4.79. The molecule has 0 atom stereocenters. The monoisotopic (exact) mass is 318 g/mol. The van der Waals surface area contributed by atoms with Gasteiger partial charge < -0.3 is 4.74 Å². The summed E-state index contributed by atoms with van der Waals surface area (Å²) in [5.41, 5.74) is 2.84. The second kappa shape index (κ2) is 6.64. The van der Waals surface area contributed by atoms with Crippen LogP contribution in [-0.4, -0.2) is 12.5 Å². The van der Waals surface area contributed by atoms with E-state index in [1.807, 2.05) is 5.43 Å². The molecule has 0 aliphatic rings. The van der Waals surface area contributed by atoms with Gasteiger partial charge >= 0.3 is 0 Å². The third-order valence-corrected chi connectivity index (χ3v) is 2.77. The minimum absolute atomic E-state index is 0.152. The normalized spacial score (nSPS) is 9.82. The van der Waals surface area contributed by atoms with Crippen LogP contribution in [0.3, 0.4) is 0 Å². The van der Waals surface area contributed by atoms with Crippen molar-refractivity contribution in [3.05, 3.63) is 39.8 Å². The van der Waals surface area contributed by atoms with E-state index in [-0.39, 0.29) is 6.61 Å². The summed E-state index contributed by atoms with van der Waals surface area (Å²) < 4.78 is 6.07. The predicted molar refractivity (Wildman–Crippen MR) is 70.9 cm³/mol. The molecule has 0 unspecified atom stereocenters. The molecule has 0 saturated carbocycles. The lowest BCUT2D eigenvalue weighted by Crippen LogP contribution is -2.34. The van der Waals surface area contributed by atoms with Crippen LogP contribution in [0.2, 0.25) is 5.02 Å². The van der Waals surface area contributed by atoms with Crippen molar-refractivity contribution >= 4 is 33.4 Å². The Kier molecular flexibility index (Phi) is 5.47. The first-order valence-corrected chi connectivity index (χ1v) is 5.96. The maximum absolute atomic E-state index is 11.0. The third kappa shape index (κ3) is 4.03. The van der Waals surface area contributed by atoms with Gasteiger partial charge in [0.05, 0.1) is 4.47 Å². The average molecular weight is 320 g/mol. The van der Waals surface area contributed by atoms with Gasteiger partial charge in [0.2, 0.25) is 0 Å². The number of allylic oxidation sites excluding steroid dienone is 1. The Balaban J connectivity index is 2.95. The zero-order valence-electron chi connectivity index (χ0n) is 9.00. The van der Waals surface area contributed by atoms with E-state index in [2.05, 4.69) is 22.5 Å². The van der Waals surface area contributed by atoms with E-state index in [0.29, 0.717) is 21.7 Å². The lowest BCUT2D eigenvalue weighted by Gasteiger charge is -2.12. The summed E-state index contributed by atoms with van der Waals surface area (Å²) in [5, 5.41) is 0.587. The number of ether oxygens (including phenoxy) is 1. The Morgan fingerprint density at radius 2 is 2.35 bits per heavy atom. The number of benzene rings is 1. The van der Waals surface area contributed by atoms with Crippen LogP contribution in [-0.2, 0) is 11.2 Å². The molecule has 0 radical (unpaired) electrons. The zero-order chi connectivity index (χ0) is 12.8. The lowest BCUT2D eigenvalue weighted by atomic mass is 10.1. The molecule has 0 heterocycles. The second-order valence-electron chi connectivity index (χ2n) is 3.22. The SMILES string of the molecule is C=CCc1cc(Cl)cc(Br)c1OCC(=O)NN. The number of nitrogens with one attached hydrogen (secondary N) is 1. The molecule has 0 aliphatic carbocycles. The summed E-state index contributed by atoms with van der Waals surface area (Å²) >= 11 is 9.26. The van der Waals surface area contributed by atoms with Gasteiger partial charge in [-0.05, 0) is 34.5 Å².